The Morgan fingerprint density at radius 1 is 1.14 bits per heavy atom. The van der Waals surface area contributed by atoms with E-state index in [4.69, 9.17) is 4.74 Å². The van der Waals surface area contributed by atoms with E-state index in [1.165, 1.54) is 24.3 Å². The van der Waals surface area contributed by atoms with Crippen molar-refractivity contribution >= 4 is 23.6 Å². The molecule has 2 aliphatic rings. The Morgan fingerprint density at radius 2 is 1.77 bits per heavy atom. The maximum absolute atomic E-state index is 13.3. The number of fused-ring (bicyclic) bond motifs is 1. The highest BCUT2D eigenvalue weighted by atomic mass is 32.2. The predicted octanol–water partition coefficient (Wildman–Crippen LogP) is 5.54. The molecule has 1 aromatic rings. The van der Waals surface area contributed by atoms with Gasteiger partial charge in [-0.1, -0.05) is 45.1 Å². The number of allylic oxidation sites excluding steroid dienone is 2. The number of hydrogen-bond donors (Lipinski definition) is 2. The molecule has 190 valence electrons. The smallest absolute Gasteiger partial charge is 0.416 e. The molecule has 0 aromatic heterocycles. The molecule has 0 spiro atoms. The molecule has 11 heteroatoms. The third-order valence-electron chi connectivity index (χ3n) is 5.51. The quantitative estimate of drug-likeness (QED) is 0.465. The molecular formula is C24H24F5NO4S. The number of nitrogens with one attached hydrogen (secondary N) is 1. The summed E-state index contributed by atoms with van der Waals surface area (Å²) in [7, 11) is 0. The molecule has 0 radical (unpaired) electrons. The Hall–Kier alpha value is -2.82. The van der Waals surface area contributed by atoms with E-state index in [0.29, 0.717) is 5.56 Å². The highest BCUT2D eigenvalue weighted by Gasteiger charge is 2.40. The molecule has 0 saturated carbocycles. The highest BCUT2D eigenvalue weighted by molar-refractivity contribution is 8.04. The monoisotopic (exact) mass is 517 g/mol. The van der Waals surface area contributed by atoms with Gasteiger partial charge in [-0.15, -0.1) is 11.8 Å². The lowest BCUT2D eigenvalue weighted by molar-refractivity contribution is -0.144. The molecule has 3 atom stereocenters. The topological polar surface area (TPSA) is 75.6 Å². The van der Waals surface area contributed by atoms with Crippen LogP contribution in [0.15, 0.2) is 58.7 Å². The van der Waals surface area contributed by atoms with E-state index in [2.05, 4.69) is 5.32 Å². The Balaban J connectivity index is 1.92. The van der Waals surface area contributed by atoms with Gasteiger partial charge in [0.1, 0.15) is 18.4 Å². The number of hydrogen-bond acceptors (Lipinski definition) is 4. The number of aliphatic carboxylic acids is 1. The van der Waals surface area contributed by atoms with Gasteiger partial charge in [0.15, 0.2) is 0 Å². The summed E-state index contributed by atoms with van der Waals surface area (Å²) in [6.45, 7) is 4.70. The summed E-state index contributed by atoms with van der Waals surface area (Å²) < 4.78 is 71.0. The first-order valence-corrected chi connectivity index (χ1v) is 11.5. The summed E-state index contributed by atoms with van der Waals surface area (Å²) in [6, 6.07) is 3.00. The number of halogens is 5. The Bertz CT molecular complexity index is 1070. The zero-order valence-corrected chi connectivity index (χ0v) is 19.8. The summed E-state index contributed by atoms with van der Waals surface area (Å²) in [4.78, 5) is 24.6. The van der Waals surface area contributed by atoms with Gasteiger partial charge in [0.25, 0.3) is 12.3 Å². The zero-order valence-electron chi connectivity index (χ0n) is 19.0. The fraction of sp³-hybridized carbons (Fsp3) is 0.417. The van der Waals surface area contributed by atoms with Crippen LogP contribution in [0.1, 0.15) is 31.9 Å². The number of thioether (sulfide) groups is 1. The lowest BCUT2D eigenvalue weighted by Crippen LogP contribution is -2.49. The van der Waals surface area contributed by atoms with Crippen LogP contribution >= 0.6 is 11.8 Å². The summed E-state index contributed by atoms with van der Waals surface area (Å²) in [5, 5.41) is 11.5. The van der Waals surface area contributed by atoms with Gasteiger partial charge in [-0.3, -0.25) is 4.79 Å². The van der Waals surface area contributed by atoms with Crippen molar-refractivity contribution in [3.63, 3.8) is 0 Å². The van der Waals surface area contributed by atoms with Gasteiger partial charge in [-0.2, -0.15) is 13.2 Å². The van der Waals surface area contributed by atoms with E-state index in [0.717, 1.165) is 23.9 Å². The second kappa shape index (κ2) is 10.0. The average Bonchev–Trinajstić information content (AvgIpc) is 3.19. The number of amides is 1. The van der Waals surface area contributed by atoms with Gasteiger partial charge in [0, 0.05) is 10.2 Å². The SMILES string of the molecule is CC(C)(C)C(NC(=O)C1=C(OCc2ccc(C(F)(F)F)cc2)C2C=C(C(F)F)SC2C=C1)C(=O)O. The molecule has 0 bridgehead atoms. The molecule has 3 unspecified atom stereocenters. The van der Waals surface area contributed by atoms with Crippen LogP contribution in [-0.2, 0) is 27.1 Å². The molecule has 35 heavy (non-hydrogen) atoms. The molecule has 1 aromatic carbocycles. The number of benzene rings is 1. The van der Waals surface area contributed by atoms with E-state index in [1.807, 2.05) is 0 Å². The van der Waals surface area contributed by atoms with Gasteiger partial charge in [-0.05, 0) is 29.2 Å². The van der Waals surface area contributed by atoms with Crippen LogP contribution in [-0.4, -0.2) is 34.7 Å². The van der Waals surface area contributed by atoms with Crippen LogP contribution in [0.25, 0.3) is 0 Å². The van der Waals surface area contributed by atoms with Gasteiger partial charge in [0.05, 0.1) is 17.1 Å². The largest absolute Gasteiger partial charge is 0.492 e. The van der Waals surface area contributed by atoms with Crippen LogP contribution in [0.4, 0.5) is 22.0 Å². The van der Waals surface area contributed by atoms with Crippen LogP contribution in [0.5, 0.6) is 0 Å². The maximum Gasteiger partial charge on any atom is 0.416 e. The molecule has 2 N–H and O–H groups in total. The van der Waals surface area contributed by atoms with E-state index in [9.17, 15) is 36.6 Å². The second-order valence-electron chi connectivity index (χ2n) is 9.21. The van der Waals surface area contributed by atoms with Gasteiger partial charge >= 0.3 is 12.1 Å². The number of carboxylic acids is 1. The maximum atomic E-state index is 13.3. The van der Waals surface area contributed by atoms with Gasteiger partial charge in [-0.25, -0.2) is 13.6 Å². The summed E-state index contributed by atoms with van der Waals surface area (Å²) in [5.74, 6) is -2.67. The summed E-state index contributed by atoms with van der Waals surface area (Å²) >= 11 is 0.929. The van der Waals surface area contributed by atoms with Crippen LogP contribution in [0.3, 0.4) is 0 Å². The molecule has 1 amide bonds. The lowest BCUT2D eigenvalue weighted by Gasteiger charge is -2.30. The first kappa shape index (κ1) is 26.8. The number of rotatable bonds is 7. The number of carboxylic acid groups (broad SMARTS) is 1. The molecular weight excluding hydrogens is 493 g/mol. The van der Waals surface area contributed by atoms with Crippen molar-refractivity contribution in [2.24, 2.45) is 11.3 Å². The van der Waals surface area contributed by atoms with E-state index in [-0.39, 0.29) is 22.8 Å². The fourth-order valence-electron chi connectivity index (χ4n) is 3.67. The van der Waals surface area contributed by atoms with Crippen molar-refractivity contribution < 1.29 is 41.4 Å². The molecule has 0 saturated heterocycles. The molecule has 5 nitrogen and oxygen atoms in total. The molecule has 0 fully saturated rings. The summed E-state index contributed by atoms with van der Waals surface area (Å²) in [6.07, 6.45) is -2.94. The van der Waals surface area contributed by atoms with Gasteiger partial charge < -0.3 is 15.2 Å². The minimum absolute atomic E-state index is 0.0268. The Kier molecular flexibility index (Phi) is 7.68. The number of alkyl halides is 5. The molecule has 1 aliphatic heterocycles. The van der Waals surface area contributed by atoms with Gasteiger partial charge in [0.2, 0.25) is 0 Å². The third kappa shape index (κ3) is 6.25. The number of carbonyl (C=O) groups excluding carboxylic acids is 1. The minimum Gasteiger partial charge on any atom is -0.492 e. The number of carbonyl (C=O) groups is 2. The zero-order chi connectivity index (χ0) is 26.1. The Morgan fingerprint density at radius 3 is 2.29 bits per heavy atom. The van der Waals surface area contributed by atoms with Crippen LogP contribution in [0.2, 0.25) is 0 Å². The second-order valence-corrected chi connectivity index (χ2v) is 10.5. The van der Waals surface area contributed by atoms with E-state index < -0.39 is 52.7 Å². The minimum atomic E-state index is -4.50. The summed E-state index contributed by atoms with van der Waals surface area (Å²) in [5.41, 5.74) is -1.31. The predicted molar refractivity (Wildman–Crippen MR) is 120 cm³/mol. The highest BCUT2D eigenvalue weighted by Crippen LogP contribution is 2.46. The molecule has 1 aliphatic carbocycles. The Labute approximate surface area is 203 Å². The van der Waals surface area contributed by atoms with Crippen molar-refractivity contribution in [3.05, 3.63) is 69.9 Å². The van der Waals surface area contributed by atoms with Crippen molar-refractivity contribution in [3.8, 4) is 0 Å². The average molecular weight is 518 g/mol. The lowest BCUT2D eigenvalue weighted by atomic mass is 9.86. The first-order valence-electron chi connectivity index (χ1n) is 10.6. The third-order valence-corrected chi connectivity index (χ3v) is 6.82. The number of ether oxygens (including phenoxy) is 1. The van der Waals surface area contributed by atoms with E-state index in [1.54, 1.807) is 26.8 Å². The normalized spacial score (nSPS) is 21.0. The van der Waals surface area contributed by atoms with Crippen LogP contribution in [0, 0.1) is 11.3 Å². The van der Waals surface area contributed by atoms with Crippen molar-refractivity contribution in [2.45, 2.75) is 51.3 Å². The first-order chi connectivity index (χ1) is 16.2. The molecule has 3 rings (SSSR count). The van der Waals surface area contributed by atoms with Crippen molar-refractivity contribution in [2.75, 3.05) is 0 Å². The molecule has 1 heterocycles. The van der Waals surface area contributed by atoms with Crippen molar-refractivity contribution in [1.82, 2.24) is 5.32 Å². The van der Waals surface area contributed by atoms with Crippen molar-refractivity contribution in [1.29, 1.82) is 0 Å². The standard InChI is InChI=1S/C24H24F5NO4S/c1-23(2,3)19(22(32)33)30-21(31)14-8-9-16-15(10-17(35-16)20(25)26)18(14)34-11-12-4-6-13(7-5-12)24(27,28)29/h4-10,15-16,19-20H,11H2,1-3H3,(H,30,31)(H,32,33). The fourth-order valence-corrected chi connectivity index (χ4v) is 4.82. The van der Waals surface area contributed by atoms with Crippen LogP contribution < -0.4 is 5.32 Å². The van der Waals surface area contributed by atoms with E-state index >= 15 is 0 Å².